The van der Waals surface area contributed by atoms with Crippen LogP contribution in [-0.2, 0) is 4.74 Å². The minimum atomic E-state index is -0.988. The van der Waals surface area contributed by atoms with Crippen LogP contribution >= 0.6 is 0 Å². The van der Waals surface area contributed by atoms with Gasteiger partial charge in [-0.3, -0.25) is 0 Å². The summed E-state index contributed by atoms with van der Waals surface area (Å²) in [5.41, 5.74) is 10.1. The van der Waals surface area contributed by atoms with Crippen molar-refractivity contribution in [3.8, 4) is 0 Å². The van der Waals surface area contributed by atoms with Crippen LogP contribution in [0.2, 0.25) is 0 Å². The first-order chi connectivity index (χ1) is 10.8. The van der Waals surface area contributed by atoms with Gasteiger partial charge in [-0.25, -0.2) is 9.59 Å². The normalized spacial score (nSPS) is 12.5. The van der Waals surface area contributed by atoms with Crippen molar-refractivity contribution in [3.63, 3.8) is 0 Å². The van der Waals surface area contributed by atoms with E-state index in [-0.39, 0.29) is 17.6 Å². The van der Waals surface area contributed by atoms with Gasteiger partial charge in [-0.2, -0.15) is 0 Å². The Kier molecular flexibility index (Phi) is 12.3. The molecule has 0 fully saturated rings. The molecule has 0 radical (unpaired) electrons. The predicted molar refractivity (Wildman–Crippen MR) is 96.0 cm³/mol. The Bertz CT molecular complexity index is 362. The molecule has 2 amide bonds. The van der Waals surface area contributed by atoms with Crippen LogP contribution in [0.25, 0.3) is 0 Å². The van der Waals surface area contributed by atoms with Gasteiger partial charge in [0.1, 0.15) is 5.60 Å². The van der Waals surface area contributed by atoms with E-state index in [0.717, 1.165) is 6.42 Å². The van der Waals surface area contributed by atoms with Crippen molar-refractivity contribution >= 4 is 12.2 Å². The van der Waals surface area contributed by atoms with Gasteiger partial charge >= 0.3 is 12.2 Å². The van der Waals surface area contributed by atoms with Gasteiger partial charge < -0.3 is 31.9 Å². The second-order valence-electron chi connectivity index (χ2n) is 7.52. The summed E-state index contributed by atoms with van der Waals surface area (Å²) in [5, 5.41) is 13.0. The van der Waals surface area contributed by atoms with Gasteiger partial charge in [0, 0.05) is 12.6 Å². The molecule has 24 heavy (non-hydrogen) atoms. The molecule has 1 unspecified atom stereocenters. The van der Waals surface area contributed by atoms with E-state index in [9.17, 15) is 9.59 Å². The smallest absolute Gasteiger partial charge is 0.407 e. The fraction of sp³-hybridized carbons (Fsp3) is 0.875. The second-order valence-corrected chi connectivity index (χ2v) is 7.52. The second kappa shape index (κ2) is 11.9. The van der Waals surface area contributed by atoms with Crippen molar-refractivity contribution in [1.82, 2.24) is 10.6 Å². The molecule has 0 aliphatic carbocycles. The Morgan fingerprint density at radius 3 is 1.96 bits per heavy atom. The molecule has 1 atom stereocenters. The molecule has 8 nitrogen and oxygen atoms in total. The van der Waals surface area contributed by atoms with Crippen molar-refractivity contribution in [1.29, 1.82) is 0 Å². The van der Waals surface area contributed by atoms with Crippen LogP contribution in [0.3, 0.4) is 0 Å². The maximum absolute atomic E-state index is 11.6. The Morgan fingerprint density at radius 2 is 1.62 bits per heavy atom. The first-order valence-electron chi connectivity index (χ1n) is 8.20. The van der Waals surface area contributed by atoms with E-state index >= 15 is 0 Å². The lowest BCUT2D eigenvalue weighted by Crippen LogP contribution is -2.46. The van der Waals surface area contributed by atoms with E-state index in [1.54, 1.807) is 0 Å². The lowest BCUT2D eigenvalue weighted by atomic mass is 9.85. The summed E-state index contributed by atoms with van der Waals surface area (Å²) in [6.45, 7) is 13.3. The average molecular weight is 348 g/mol. The standard InChI is InChI=1S/C12H26N2O2.C4H10N2O2/c1-11(2,3)9(7-8-13)14-10(15)16-12(4,5)6;5-2-1-3-6-4(7)8/h9H,7-8,13H2,1-6H3,(H,14,15);6H,1-3,5H2,(H,7,8). The van der Waals surface area contributed by atoms with Gasteiger partial charge in [-0.1, -0.05) is 20.8 Å². The quantitative estimate of drug-likeness (QED) is 0.464. The first kappa shape index (κ1) is 24.7. The molecule has 0 heterocycles. The third kappa shape index (κ3) is 16.8. The number of hydrogen-bond donors (Lipinski definition) is 5. The highest BCUT2D eigenvalue weighted by molar-refractivity contribution is 5.68. The van der Waals surface area contributed by atoms with E-state index in [4.69, 9.17) is 21.3 Å². The summed E-state index contributed by atoms with van der Waals surface area (Å²) in [6, 6.07) is 0.0346. The summed E-state index contributed by atoms with van der Waals surface area (Å²) >= 11 is 0. The van der Waals surface area contributed by atoms with E-state index in [1.165, 1.54) is 0 Å². The fourth-order valence-electron chi connectivity index (χ4n) is 1.64. The lowest BCUT2D eigenvalue weighted by Gasteiger charge is -2.32. The van der Waals surface area contributed by atoms with Crippen LogP contribution in [0, 0.1) is 5.41 Å². The number of carbonyl (C=O) groups excluding carboxylic acids is 1. The molecule has 0 rings (SSSR count). The minimum Gasteiger partial charge on any atom is -0.465 e. The zero-order valence-corrected chi connectivity index (χ0v) is 15.9. The number of rotatable bonds is 6. The summed E-state index contributed by atoms with van der Waals surface area (Å²) in [7, 11) is 0. The SMILES string of the molecule is CC(C)(C)OC(=O)NC(CCN)C(C)(C)C.NCCCNC(=O)O. The number of carbonyl (C=O) groups is 2. The van der Waals surface area contributed by atoms with Gasteiger partial charge in [-0.05, 0) is 52.1 Å². The highest BCUT2D eigenvalue weighted by atomic mass is 16.6. The van der Waals surface area contributed by atoms with Crippen molar-refractivity contribution in [3.05, 3.63) is 0 Å². The largest absolute Gasteiger partial charge is 0.465 e. The van der Waals surface area contributed by atoms with E-state index in [2.05, 4.69) is 31.4 Å². The molecule has 7 N–H and O–H groups in total. The molecular formula is C16H36N4O4. The summed E-state index contributed by atoms with van der Waals surface area (Å²) in [6.07, 6.45) is 0.0917. The van der Waals surface area contributed by atoms with Gasteiger partial charge in [0.2, 0.25) is 0 Å². The third-order valence-electron chi connectivity index (χ3n) is 2.85. The molecule has 0 spiro atoms. The predicted octanol–water partition coefficient (Wildman–Crippen LogP) is 1.88. The van der Waals surface area contributed by atoms with Crippen LogP contribution in [0.5, 0.6) is 0 Å². The van der Waals surface area contributed by atoms with Crippen molar-refractivity contribution in [2.24, 2.45) is 16.9 Å². The van der Waals surface area contributed by atoms with Gasteiger partial charge in [0.15, 0.2) is 0 Å². The molecule has 0 aromatic heterocycles. The first-order valence-corrected chi connectivity index (χ1v) is 8.20. The number of alkyl carbamates (subject to hydrolysis) is 1. The molecule has 144 valence electrons. The molecule has 0 aliphatic rings. The molecule has 0 saturated heterocycles. The molecule has 0 aromatic carbocycles. The number of nitrogens with two attached hydrogens (primary N) is 2. The molecule has 0 aromatic rings. The number of ether oxygens (including phenoxy) is 1. The Morgan fingerprint density at radius 1 is 1.08 bits per heavy atom. The van der Waals surface area contributed by atoms with Crippen LogP contribution < -0.4 is 22.1 Å². The molecular weight excluding hydrogens is 312 g/mol. The Labute approximate surface area is 145 Å². The third-order valence-corrected chi connectivity index (χ3v) is 2.85. The number of nitrogens with one attached hydrogen (secondary N) is 2. The number of carboxylic acid groups (broad SMARTS) is 1. The summed E-state index contributed by atoms with van der Waals surface area (Å²) in [5.74, 6) is 0. The van der Waals surface area contributed by atoms with E-state index in [1.807, 2.05) is 20.8 Å². The van der Waals surface area contributed by atoms with Crippen molar-refractivity contribution in [2.45, 2.75) is 66.0 Å². The lowest BCUT2D eigenvalue weighted by molar-refractivity contribution is 0.0460. The molecule has 8 heteroatoms. The Hall–Kier alpha value is -1.54. The summed E-state index contributed by atoms with van der Waals surface area (Å²) in [4.78, 5) is 21.3. The van der Waals surface area contributed by atoms with Crippen LogP contribution in [0.1, 0.15) is 54.4 Å². The topological polar surface area (TPSA) is 140 Å². The zero-order chi connectivity index (χ0) is 19.4. The molecule has 0 saturated carbocycles. The van der Waals surface area contributed by atoms with E-state index in [0.29, 0.717) is 26.1 Å². The van der Waals surface area contributed by atoms with Gasteiger partial charge in [0.05, 0.1) is 0 Å². The van der Waals surface area contributed by atoms with Crippen LogP contribution in [-0.4, -0.2) is 48.6 Å². The monoisotopic (exact) mass is 348 g/mol. The average Bonchev–Trinajstić information content (AvgIpc) is 2.35. The van der Waals surface area contributed by atoms with E-state index < -0.39 is 11.7 Å². The highest BCUT2D eigenvalue weighted by Crippen LogP contribution is 2.21. The Balaban J connectivity index is 0. The van der Waals surface area contributed by atoms with Crippen molar-refractivity contribution < 1.29 is 19.4 Å². The molecule has 0 aliphatic heterocycles. The highest BCUT2D eigenvalue weighted by Gasteiger charge is 2.27. The maximum atomic E-state index is 11.6. The molecule has 0 bridgehead atoms. The number of hydrogen-bond acceptors (Lipinski definition) is 5. The van der Waals surface area contributed by atoms with Gasteiger partial charge in [-0.15, -0.1) is 0 Å². The zero-order valence-electron chi connectivity index (χ0n) is 15.9. The fourth-order valence-corrected chi connectivity index (χ4v) is 1.64. The van der Waals surface area contributed by atoms with Gasteiger partial charge in [0.25, 0.3) is 0 Å². The van der Waals surface area contributed by atoms with Crippen LogP contribution in [0.4, 0.5) is 9.59 Å². The number of amides is 2. The minimum absolute atomic E-state index is 0.0176. The van der Waals surface area contributed by atoms with Crippen LogP contribution in [0.15, 0.2) is 0 Å². The van der Waals surface area contributed by atoms with Crippen molar-refractivity contribution in [2.75, 3.05) is 19.6 Å². The summed E-state index contributed by atoms with van der Waals surface area (Å²) < 4.78 is 5.22. The maximum Gasteiger partial charge on any atom is 0.407 e.